The average molecular weight is 158 g/mol. The van der Waals surface area contributed by atoms with Gasteiger partial charge < -0.3 is 10.8 Å². The Bertz CT molecular complexity index is 83.6. The van der Waals surface area contributed by atoms with Crippen molar-refractivity contribution in [3.8, 4) is 0 Å². The number of aliphatic hydroxyl groups is 1. The van der Waals surface area contributed by atoms with Crippen LogP contribution in [0.25, 0.3) is 0 Å². The van der Waals surface area contributed by atoms with Crippen molar-refractivity contribution in [3.05, 3.63) is 6.92 Å². The minimum absolute atomic E-state index is 0.133. The highest BCUT2D eigenvalue weighted by atomic mass is 16.3. The second-order valence-corrected chi connectivity index (χ2v) is 3.08. The van der Waals surface area contributed by atoms with Gasteiger partial charge in [0, 0.05) is 6.04 Å². The largest absolute Gasteiger partial charge is 0.392 e. The highest BCUT2D eigenvalue weighted by molar-refractivity contribution is 4.72. The van der Waals surface area contributed by atoms with Gasteiger partial charge in [-0.2, -0.15) is 0 Å². The van der Waals surface area contributed by atoms with E-state index in [9.17, 15) is 0 Å². The Morgan fingerprint density at radius 1 is 1.36 bits per heavy atom. The molecule has 67 valence electrons. The van der Waals surface area contributed by atoms with Crippen LogP contribution in [0.4, 0.5) is 0 Å². The van der Waals surface area contributed by atoms with Gasteiger partial charge in [0.15, 0.2) is 0 Å². The fourth-order valence-electron chi connectivity index (χ4n) is 0.999. The molecule has 0 rings (SSSR count). The summed E-state index contributed by atoms with van der Waals surface area (Å²) in [6.07, 6.45) is 5.13. The lowest BCUT2D eigenvalue weighted by Gasteiger charge is -2.13. The van der Waals surface area contributed by atoms with E-state index < -0.39 is 6.10 Å². The van der Waals surface area contributed by atoms with Crippen LogP contribution in [0.1, 0.15) is 39.0 Å². The molecule has 0 fully saturated rings. The van der Waals surface area contributed by atoms with Crippen molar-refractivity contribution in [1.29, 1.82) is 0 Å². The predicted molar refractivity (Wildman–Crippen MR) is 48.1 cm³/mol. The van der Waals surface area contributed by atoms with Gasteiger partial charge in [0.2, 0.25) is 0 Å². The number of nitrogens with two attached hydrogens (primary N) is 1. The third-order valence-electron chi connectivity index (χ3n) is 1.89. The highest BCUT2D eigenvalue weighted by Crippen LogP contribution is 2.05. The standard InChI is InChI=1S/C9H20NO/c1-3-4-5-6-7-9(10)8(2)11/h8-9,11H,2-7,10H2,1H3. The molecule has 0 saturated carbocycles. The third-order valence-corrected chi connectivity index (χ3v) is 1.89. The summed E-state index contributed by atoms with van der Waals surface area (Å²) in [6.45, 7) is 5.64. The molecular formula is C9H20NO. The van der Waals surface area contributed by atoms with E-state index in [1.807, 2.05) is 0 Å². The maximum absolute atomic E-state index is 8.94. The summed E-state index contributed by atoms with van der Waals surface area (Å²) in [5.74, 6) is 0. The number of unbranched alkanes of at least 4 members (excludes halogenated alkanes) is 3. The van der Waals surface area contributed by atoms with Gasteiger partial charge in [-0.1, -0.05) is 32.6 Å². The molecule has 0 amide bonds. The van der Waals surface area contributed by atoms with Gasteiger partial charge in [-0.3, -0.25) is 0 Å². The molecule has 0 aliphatic rings. The van der Waals surface area contributed by atoms with E-state index in [1.165, 1.54) is 19.3 Å². The zero-order valence-corrected chi connectivity index (χ0v) is 7.42. The quantitative estimate of drug-likeness (QED) is 0.575. The van der Waals surface area contributed by atoms with Crippen molar-refractivity contribution in [2.45, 2.75) is 51.2 Å². The van der Waals surface area contributed by atoms with Crippen LogP contribution in [0.5, 0.6) is 0 Å². The van der Waals surface area contributed by atoms with Crippen LogP contribution in [0.15, 0.2) is 0 Å². The molecule has 11 heavy (non-hydrogen) atoms. The Labute approximate surface area is 69.8 Å². The molecule has 2 atom stereocenters. The zero-order chi connectivity index (χ0) is 8.69. The molecule has 0 aliphatic carbocycles. The zero-order valence-electron chi connectivity index (χ0n) is 7.42. The van der Waals surface area contributed by atoms with Crippen molar-refractivity contribution < 1.29 is 5.11 Å². The second kappa shape index (κ2) is 6.62. The molecule has 0 aliphatic heterocycles. The minimum Gasteiger partial charge on any atom is -0.392 e. The molecule has 0 saturated heterocycles. The first-order valence-corrected chi connectivity index (χ1v) is 4.45. The fraction of sp³-hybridized carbons (Fsp3) is 0.889. The summed E-state index contributed by atoms with van der Waals surface area (Å²) in [4.78, 5) is 0. The van der Waals surface area contributed by atoms with E-state index in [-0.39, 0.29) is 6.04 Å². The Morgan fingerprint density at radius 3 is 2.45 bits per heavy atom. The summed E-state index contributed by atoms with van der Waals surface area (Å²) in [5, 5.41) is 8.94. The van der Waals surface area contributed by atoms with Crippen molar-refractivity contribution in [2.24, 2.45) is 5.73 Å². The summed E-state index contributed by atoms with van der Waals surface area (Å²) in [5.41, 5.74) is 5.59. The van der Waals surface area contributed by atoms with Crippen molar-refractivity contribution >= 4 is 0 Å². The van der Waals surface area contributed by atoms with Gasteiger partial charge in [0.05, 0.1) is 6.10 Å². The summed E-state index contributed by atoms with van der Waals surface area (Å²) in [7, 11) is 0. The fourth-order valence-corrected chi connectivity index (χ4v) is 0.999. The predicted octanol–water partition coefficient (Wildman–Crippen LogP) is 1.48. The van der Waals surface area contributed by atoms with Crippen LogP contribution in [0, 0.1) is 6.92 Å². The van der Waals surface area contributed by atoms with Crippen LogP contribution in [-0.4, -0.2) is 17.3 Å². The van der Waals surface area contributed by atoms with Crippen molar-refractivity contribution in [3.63, 3.8) is 0 Å². The van der Waals surface area contributed by atoms with E-state index in [4.69, 9.17) is 10.8 Å². The van der Waals surface area contributed by atoms with Gasteiger partial charge in [-0.25, -0.2) is 0 Å². The van der Waals surface area contributed by atoms with Crippen molar-refractivity contribution in [1.82, 2.24) is 0 Å². The lowest BCUT2D eigenvalue weighted by molar-refractivity contribution is 0.182. The molecule has 0 aromatic heterocycles. The molecule has 2 heteroatoms. The van der Waals surface area contributed by atoms with Crippen LogP contribution in [0.2, 0.25) is 0 Å². The van der Waals surface area contributed by atoms with E-state index in [0.717, 1.165) is 12.8 Å². The molecule has 1 radical (unpaired) electrons. The monoisotopic (exact) mass is 158 g/mol. The SMILES string of the molecule is [CH2]C(O)C(N)CCCCCC. The van der Waals surface area contributed by atoms with E-state index >= 15 is 0 Å². The summed E-state index contributed by atoms with van der Waals surface area (Å²) >= 11 is 0. The topological polar surface area (TPSA) is 46.2 Å². The van der Waals surface area contributed by atoms with Gasteiger partial charge in [0.1, 0.15) is 0 Å². The maximum Gasteiger partial charge on any atom is 0.0692 e. The number of hydrogen-bond donors (Lipinski definition) is 2. The normalized spacial score (nSPS) is 16.4. The summed E-state index contributed by atoms with van der Waals surface area (Å²) < 4.78 is 0. The minimum atomic E-state index is -0.600. The van der Waals surface area contributed by atoms with Gasteiger partial charge in [-0.05, 0) is 13.3 Å². The molecule has 0 aromatic carbocycles. The van der Waals surface area contributed by atoms with Crippen molar-refractivity contribution in [2.75, 3.05) is 0 Å². The molecule has 0 spiro atoms. The maximum atomic E-state index is 8.94. The Kier molecular flexibility index (Phi) is 6.57. The number of hydrogen-bond acceptors (Lipinski definition) is 2. The third kappa shape index (κ3) is 6.32. The lowest BCUT2D eigenvalue weighted by Crippen LogP contribution is -2.32. The molecule has 0 aromatic rings. The Balaban J connectivity index is 3.10. The number of rotatable bonds is 6. The first-order valence-electron chi connectivity index (χ1n) is 4.45. The molecular weight excluding hydrogens is 138 g/mol. The number of aliphatic hydroxyl groups excluding tert-OH is 1. The van der Waals surface area contributed by atoms with Crippen LogP contribution >= 0.6 is 0 Å². The van der Waals surface area contributed by atoms with Gasteiger partial charge in [0.25, 0.3) is 0 Å². The van der Waals surface area contributed by atoms with E-state index in [2.05, 4.69) is 13.8 Å². The van der Waals surface area contributed by atoms with Crippen LogP contribution in [-0.2, 0) is 0 Å². The molecule has 2 unspecified atom stereocenters. The first-order chi connectivity index (χ1) is 5.18. The Hall–Kier alpha value is -0.0800. The van der Waals surface area contributed by atoms with Crippen LogP contribution in [0.3, 0.4) is 0 Å². The summed E-state index contributed by atoms with van der Waals surface area (Å²) in [6, 6.07) is -0.133. The second-order valence-electron chi connectivity index (χ2n) is 3.08. The molecule has 2 nitrogen and oxygen atoms in total. The highest BCUT2D eigenvalue weighted by Gasteiger charge is 2.07. The molecule has 0 heterocycles. The smallest absolute Gasteiger partial charge is 0.0692 e. The van der Waals surface area contributed by atoms with Gasteiger partial charge in [-0.15, -0.1) is 0 Å². The van der Waals surface area contributed by atoms with E-state index in [1.54, 1.807) is 0 Å². The Morgan fingerprint density at radius 2 is 2.00 bits per heavy atom. The molecule has 3 N–H and O–H groups in total. The van der Waals surface area contributed by atoms with E-state index in [0.29, 0.717) is 0 Å². The lowest BCUT2D eigenvalue weighted by atomic mass is 10.0. The molecule has 0 bridgehead atoms. The average Bonchev–Trinajstić information content (AvgIpc) is 1.97. The van der Waals surface area contributed by atoms with Gasteiger partial charge >= 0.3 is 0 Å². The first kappa shape index (κ1) is 10.9. The van der Waals surface area contributed by atoms with Crippen LogP contribution < -0.4 is 5.73 Å².